The highest BCUT2D eigenvalue weighted by atomic mass is 16.2. The Kier molecular flexibility index (Phi) is 4.43. The smallest absolute Gasteiger partial charge is 0.314 e. The second-order valence-corrected chi connectivity index (χ2v) is 5.40. The summed E-state index contributed by atoms with van der Waals surface area (Å²) in [7, 11) is 0. The van der Waals surface area contributed by atoms with Gasteiger partial charge in [-0.3, -0.25) is 0 Å². The van der Waals surface area contributed by atoms with Crippen LogP contribution in [0.15, 0.2) is 24.3 Å². The van der Waals surface area contributed by atoms with Gasteiger partial charge in [-0.15, -0.1) is 0 Å². The maximum absolute atomic E-state index is 11.1. The second kappa shape index (κ2) is 6.06. The zero-order chi connectivity index (χ0) is 13.8. The van der Waals surface area contributed by atoms with Crippen LogP contribution in [-0.4, -0.2) is 30.1 Å². The van der Waals surface area contributed by atoms with Crippen LogP contribution in [0.2, 0.25) is 0 Å². The van der Waals surface area contributed by atoms with E-state index in [1.807, 2.05) is 0 Å². The third kappa shape index (κ3) is 3.70. The molecule has 1 aliphatic heterocycles. The molecule has 2 rings (SSSR count). The van der Waals surface area contributed by atoms with E-state index in [-0.39, 0.29) is 6.03 Å². The van der Waals surface area contributed by atoms with E-state index in [1.165, 1.54) is 11.1 Å². The predicted octanol–water partition coefficient (Wildman–Crippen LogP) is 2.19. The van der Waals surface area contributed by atoms with Gasteiger partial charge in [0.25, 0.3) is 0 Å². The molecule has 1 aliphatic rings. The van der Waals surface area contributed by atoms with Crippen molar-refractivity contribution in [3.8, 4) is 0 Å². The first-order valence-electron chi connectivity index (χ1n) is 6.93. The molecule has 1 atom stereocenters. The molecule has 1 aromatic carbocycles. The van der Waals surface area contributed by atoms with Gasteiger partial charge in [0, 0.05) is 25.2 Å². The van der Waals surface area contributed by atoms with Crippen LogP contribution in [0.5, 0.6) is 0 Å². The first kappa shape index (κ1) is 13.9. The van der Waals surface area contributed by atoms with E-state index in [0.717, 1.165) is 25.9 Å². The largest absolute Gasteiger partial charge is 0.351 e. The minimum Gasteiger partial charge on any atom is -0.351 e. The lowest BCUT2D eigenvalue weighted by molar-refractivity contribution is 0.183. The summed E-state index contributed by atoms with van der Waals surface area (Å²) in [5, 5.41) is 3.64. The van der Waals surface area contributed by atoms with E-state index in [2.05, 4.69) is 43.4 Å². The highest BCUT2D eigenvalue weighted by molar-refractivity contribution is 5.72. The van der Waals surface area contributed by atoms with Crippen molar-refractivity contribution in [1.29, 1.82) is 0 Å². The number of hydrogen-bond donors (Lipinski definition) is 2. The predicted molar refractivity (Wildman–Crippen MR) is 76.9 cm³/mol. The number of carbonyl (C=O) groups is 1. The number of rotatable bonds is 3. The fourth-order valence-electron chi connectivity index (χ4n) is 2.57. The van der Waals surface area contributed by atoms with Crippen molar-refractivity contribution in [3.63, 3.8) is 0 Å². The van der Waals surface area contributed by atoms with Crippen molar-refractivity contribution < 1.29 is 4.79 Å². The zero-order valence-electron chi connectivity index (χ0n) is 11.7. The van der Waals surface area contributed by atoms with Crippen LogP contribution < -0.4 is 11.1 Å². The summed E-state index contributed by atoms with van der Waals surface area (Å²) in [4.78, 5) is 12.8. The Morgan fingerprint density at radius 1 is 1.32 bits per heavy atom. The summed E-state index contributed by atoms with van der Waals surface area (Å²) >= 11 is 0. The normalized spacial score (nSPS) is 18.3. The van der Waals surface area contributed by atoms with Gasteiger partial charge >= 0.3 is 6.03 Å². The van der Waals surface area contributed by atoms with Crippen molar-refractivity contribution in [1.82, 2.24) is 10.2 Å². The molecule has 0 spiro atoms. The number of nitrogens with two attached hydrogens (primary N) is 1. The molecule has 0 saturated carbocycles. The van der Waals surface area contributed by atoms with Crippen LogP contribution in [0.25, 0.3) is 0 Å². The van der Waals surface area contributed by atoms with Crippen LogP contribution in [0, 0.1) is 6.92 Å². The number of aryl methyl sites for hydroxylation is 1. The molecule has 4 nitrogen and oxygen atoms in total. The third-order valence-electron chi connectivity index (χ3n) is 3.87. The fraction of sp³-hybridized carbons (Fsp3) is 0.533. The molecule has 1 saturated heterocycles. The van der Waals surface area contributed by atoms with E-state index in [9.17, 15) is 4.79 Å². The van der Waals surface area contributed by atoms with Gasteiger partial charge in [0.2, 0.25) is 0 Å². The Balaban J connectivity index is 1.85. The maximum Gasteiger partial charge on any atom is 0.314 e. The molecule has 1 aromatic rings. The quantitative estimate of drug-likeness (QED) is 0.876. The lowest BCUT2D eigenvalue weighted by Gasteiger charge is -2.33. The van der Waals surface area contributed by atoms with Crippen LogP contribution >= 0.6 is 0 Å². The van der Waals surface area contributed by atoms with Gasteiger partial charge in [0.1, 0.15) is 0 Å². The van der Waals surface area contributed by atoms with Crippen LogP contribution in [0.3, 0.4) is 0 Å². The maximum atomic E-state index is 11.1. The average Bonchev–Trinajstić information content (AvgIpc) is 2.40. The fourth-order valence-corrected chi connectivity index (χ4v) is 2.57. The van der Waals surface area contributed by atoms with E-state index in [4.69, 9.17) is 5.73 Å². The summed E-state index contributed by atoms with van der Waals surface area (Å²) in [6, 6.07) is 9.13. The van der Waals surface area contributed by atoms with Crippen molar-refractivity contribution in [3.05, 3.63) is 35.4 Å². The average molecular weight is 261 g/mol. The van der Waals surface area contributed by atoms with Gasteiger partial charge < -0.3 is 16.0 Å². The van der Waals surface area contributed by atoms with Gasteiger partial charge in [-0.1, -0.05) is 29.8 Å². The number of nitrogens with one attached hydrogen (secondary N) is 1. The summed E-state index contributed by atoms with van der Waals surface area (Å²) in [5.41, 5.74) is 7.88. The number of urea groups is 1. The van der Waals surface area contributed by atoms with E-state index in [1.54, 1.807) is 4.90 Å². The summed E-state index contributed by atoms with van der Waals surface area (Å²) in [6.45, 7) is 5.80. The molecule has 2 amide bonds. The number of benzene rings is 1. The summed E-state index contributed by atoms with van der Waals surface area (Å²) in [5.74, 6) is 0. The van der Waals surface area contributed by atoms with E-state index in [0.29, 0.717) is 12.1 Å². The Labute approximate surface area is 115 Å². The van der Waals surface area contributed by atoms with Gasteiger partial charge in [0.05, 0.1) is 0 Å². The molecule has 0 bridgehead atoms. The number of nitrogens with zero attached hydrogens (tertiary/aromatic N) is 1. The SMILES string of the molecule is Cc1ccc([C@H](C)NC2CCN(C(N)=O)CC2)cc1. The molecule has 4 heteroatoms. The number of likely N-dealkylation sites (tertiary alicyclic amines) is 1. The molecule has 19 heavy (non-hydrogen) atoms. The molecule has 0 unspecified atom stereocenters. The number of primary amides is 1. The molecule has 1 fully saturated rings. The monoisotopic (exact) mass is 261 g/mol. The Bertz CT molecular complexity index is 422. The minimum atomic E-state index is -0.301. The van der Waals surface area contributed by atoms with Crippen molar-refractivity contribution in [2.75, 3.05) is 13.1 Å². The lowest BCUT2D eigenvalue weighted by Crippen LogP contribution is -2.47. The van der Waals surface area contributed by atoms with Crippen molar-refractivity contribution in [2.24, 2.45) is 5.73 Å². The molecular weight excluding hydrogens is 238 g/mol. The van der Waals surface area contributed by atoms with Crippen molar-refractivity contribution in [2.45, 2.75) is 38.8 Å². The second-order valence-electron chi connectivity index (χ2n) is 5.40. The number of piperidine rings is 1. The Morgan fingerprint density at radius 3 is 2.42 bits per heavy atom. The van der Waals surface area contributed by atoms with E-state index < -0.39 is 0 Å². The standard InChI is InChI=1S/C15H23N3O/c1-11-3-5-13(6-4-11)12(2)17-14-7-9-18(10-8-14)15(16)19/h3-6,12,14,17H,7-10H2,1-2H3,(H2,16,19)/t12-/m0/s1. The Morgan fingerprint density at radius 2 is 1.89 bits per heavy atom. The first-order valence-corrected chi connectivity index (χ1v) is 6.93. The summed E-state index contributed by atoms with van der Waals surface area (Å²) < 4.78 is 0. The van der Waals surface area contributed by atoms with Gasteiger partial charge in [-0.05, 0) is 32.3 Å². The number of hydrogen-bond acceptors (Lipinski definition) is 2. The number of carbonyl (C=O) groups excluding carboxylic acids is 1. The first-order chi connectivity index (χ1) is 9.06. The van der Waals surface area contributed by atoms with Crippen LogP contribution in [-0.2, 0) is 0 Å². The van der Waals surface area contributed by atoms with Gasteiger partial charge in [-0.2, -0.15) is 0 Å². The van der Waals surface area contributed by atoms with E-state index >= 15 is 0 Å². The zero-order valence-corrected chi connectivity index (χ0v) is 11.7. The van der Waals surface area contributed by atoms with Crippen LogP contribution in [0.1, 0.15) is 36.9 Å². The minimum absolute atomic E-state index is 0.301. The number of amides is 2. The molecule has 0 radical (unpaired) electrons. The van der Waals surface area contributed by atoms with Gasteiger partial charge in [-0.25, -0.2) is 4.79 Å². The highest BCUT2D eigenvalue weighted by Crippen LogP contribution is 2.17. The van der Waals surface area contributed by atoms with Crippen molar-refractivity contribution >= 4 is 6.03 Å². The third-order valence-corrected chi connectivity index (χ3v) is 3.87. The molecule has 0 aliphatic carbocycles. The van der Waals surface area contributed by atoms with Crippen LogP contribution in [0.4, 0.5) is 4.79 Å². The van der Waals surface area contributed by atoms with Gasteiger partial charge in [0.15, 0.2) is 0 Å². The molecule has 0 aromatic heterocycles. The molecular formula is C15H23N3O. The highest BCUT2D eigenvalue weighted by Gasteiger charge is 2.22. The molecule has 3 N–H and O–H groups in total. The molecule has 1 heterocycles. The topological polar surface area (TPSA) is 58.4 Å². The Hall–Kier alpha value is -1.55. The summed E-state index contributed by atoms with van der Waals surface area (Å²) in [6.07, 6.45) is 1.94. The molecule has 104 valence electrons. The lowest BCUT2D eigenvalue weighted by atomic mass is 10.0.